The Kier molecular flexibility index (Phi) is 3.29. The molecule has 1 heterocycles. The number of halogens is 2. The van der Waals surface area contributed by atoms with Crippen LogP contribution in [0.1, 0.15) is 12.0 Å². The van der Waals surface area contributed by atoms with E-state index in [2.05, 4.69) is 21.1 Å². The van der Waals surface area contributed by atoms with Crippen LogP contribution in [0.5, 0.6) is 0 Å². The molecule has 0 fully saturated rings. The van der Waals surface area contributed by atoms with Crippen molar-refractivity contribution < 1.29 is 4.84 Å². The molecule has 80 valence electrons. The highest BCUT2D eigenvalue weighted by Gasteiger charge is 2.22. The van der Waals surface area contributed by atoms with Crippen LogP contribution in [0.2, 0.25) is 5.02 Å². The molecule has 0 saturated heterocycles. The molecular formula is C10H10BrClN2O. The number of rotatable bonds is 2. The zero-order valence-electron chi connectivity index (χ0n) is 7.91. The van der Waals surface area contributed by atoms with E-state index < -0.39 is 0 Å². The Morgan fingerprint density at radius 3 is 3.00 bits per heavy atom. The van der Waals surface area contributed by atoms with Gasteiger partial charge in [0.25, 0.3) is 0 Å². The lowest BCUT2D eigenvalue weighted by molar-refractivity contribution is 0.0918. The van der Waals surface area contributed by atoms with Gasteiger partial charge in [0.2, 0.25) is 0 Å². The molecule has 2 N–H and O–H groups in total. The Labute approximate surface area is 101 Å². The topological polar surface area (TPSA) is 47.6 Å². The molecule has 5 heteroatoms. The SMILES string of the molecule is NCC1CC(c2ccc(Cl)cc2Br)=NO1. The molecule has 1 aliphatic heterocycles. The second-order valence-electron chi connectivity index (χ2n) is 3.33. The van der Waals surface area contributed by atoms with Crippen molar-refractivity contribution in [2.45, 2.75) is 12.5 Å². The molecule has 0 amide bonds. The van der Waals surface area contributed by atoms with E-state index in [1.54, 1.807) is 0 Å². The second kappa shape index (κ2) is 4.51. The minimum absolute atomic E-state index is 0.00239. The number of hydrogen-bond donors (Lipinski definition) is 1. The number of nitrogens with two attached hydrogens (primary N) is 1. The van der Waals surface area contributed by atoms with Gasteiger partial charge in [-0.25, -0.2) is 0 Å². The van der Waals surface area contributed by atoms with E-state index in [0.717, 1.165) is 22.2 Å². The molecule has 1 unspecified atom stereocenters. The van der Waals surface area contributed by atoms with Gasteiger partial charge in [0, 0.05) is 28.0 Å². The first-order valence-corrected chi connectivity index (χ1v) is 5.76. The van der Waals surface area contributed by atoms with Crippen LogP contribution in [-0.4, -0.2) is 18.4 Å². The zero-order chi connectivity index (χ0) is 10.8. The van der Waals surface area contributed by atoms with Crippen molar-refractivity contribution in [2.24, 2.45) is 10.9 Å². The molecule has 2 rings (SSSR count). The monoisotopic (exact) mass is 288 g/mol. The first kappa shape index (κ1) is 10.9. The van der Waals surface area contributed by atoms with Gasteiger partial charge >= 0.3 is 0 Å². The van der Waals surface area contributed by atoms with E-state index in [0.29, 0.717) is 11.6 Å². The number of hydrogen-bond acceptors (Lipinski definition) is 3. The fourth-order valence-corrected chi connectivity index (χ4v) is 2.35. The predicted molar refractivity (Wildman–Crippen MR) is 64.2 cm³/mol. The van der Waals surface area contributed by atoms with E-state index in [1.165, 1.54) is 0 Å². The maximum Gasteiger partial charge on any atom is 0.145 e. The normalized spacial score (nSPS) is 19.9. The average molecular weight is 290 g/mol. The van der Waals surface area contributed by atoms with E-state index in [1.807, 2.05) is 18.2 Å². The third kappa shape index (κ3) is 2.33. The van der Waals surface area contributed by atoms with Gasteiger partial charge in [-0.15, -0.1) is 0 Å². The minimum atomic E-state index is 0.00239. The summed E-state index contributed by atoms with van der Waals surface area (Å²) in [5.74, 6) is 0. The number of oxime groups is 1. The largest absolute Gasteiger partial charge is 0.390 e. The highest BCUT2D eigenvalue weighted by atomic mass is 79.9. The van der Waals surface area contributed by atoms with Gasteiger partial charge in [-0.2, -0.15) is 0 Å². The van der Waals surface area contributed by atoms with Crippen molar-refractivity contribution in [1.29, 1.82) is 0 Å². The third-order valence-electron chi connectivity index (χ3n) is 2.24. The van der Waals surface area contributed by atoms with Crippen molar-refractivity contribution in [3.05, 3.63) is 33.3 Å². The Hall–Kier alpha value is -0.580. The van der Waals surface area contributed by atoms with E-state index in [-0.39, 0.29) is 6.10 Å². The zero-order valence-corrected chi connectivity index (χ0v) is 10.3. The summed E-state index contributed by atoms with van der Waals surface area (Å²) in [6.07, 6.45) is 0.749. The van der Waals surface area contributed by atoms with Crippen LogP contribution < -0.4 is 5.73 Å². The molecule has 0 saturated carbocycles. The molecule has 0 bridgehead atoms. The van der Waals surface area contributed by atoms with Gasteiger partial charge < -0.3 is 10.6 Å². The highest BCUT2D eigenvalue weighted by Crippen LogP contribution is 2.25. The molecule has 1 aliphatic rings. The fourth-order valence-electron chi connectivity index (χ4n) is 1.44. The third-order valence-corrected chi connectivity index (χ3v) is 3.13. The summed E-state index contributed by atoms with van der Waals surface area (Å²) in [5, 5.41) is 4.71. The van der Waals surface area contributed by atoms with Crippen LogP contribution in [0.4, 0.5) is 0 Å². The Morgan fingerprint density at radius 1 is 1.60 bits per heavy atom. The molecule has 0 aliphatic carbocycles. The maximum atomic E-state index is 5.86. The Morgan fingerprint density at radius 2 is 2.40 bits per heavy atom. The standard InChI is InChI=1S/C10H10BrClN2O/c11-9-3-6(12)1-2-8(9)10-4-7(5-13)15-14-10/h1-3,7H,4-5,13H2. The van der Waals surface area contributed by atoms with Gasteiger partial charge in [-0.1, -0.05) is 38.8 Å². The van der Waals surface area contributed by atoms with Crippen molar-refractivity contribution in [2.75, 3.05) is 6.54 Å². The van der Waals surface area contributed by atoms with Gasteiger partial charge in [0.1, 0.15) is 6.10 Å². The van der Waals surface area contributed by atoms with Crippen LogP contribution in [-0.2, 0) is 4.84 Å². The Balaban J connectivity index is 2.24. The van der Waals surface area contributed by atoms with E-state index in [9.17, 15) is 0 Å². The molecule has 3 nitrogen and oxygen atoms in total. The van der Waals surface area contributed by atoms with Crippen LogP contribution in [0.25, 0.3) is 0 Å². The number of nitrogens with zero attached hydrogens (tertiary/aromatic N) is 1. The van der Waals surface area contributed by atoms with Gasteiger partial charge in [0.05, 0.1) is 5.71 Å². The van der Waals surface area contributed by atoms with Crippen LogP contribution in [0.3, 0.4) is 0 Å². The quantitative estimate of drug-likeness (QED) is 0.909. The minimum Gasteiger partial charge on any atom is -0.390 e. The summed E-state index contributed by atoms with van der Waals surface area (Å²) in [6.45, 7) is 0.484. The van der Waals surface area contributed by atoms with E-state index in [4.69, 9.17) is 22.2 Å². The van der Waals surface area contributed by atoms with Gasteiger partial charge in [-0.05, 0) is 12.1 Å². The van der Waals surface area contributed by atoms with Crippen molar-refractivity contribution >= 4 is 33.2 Å². The fraction of sp³-hybridized carbons (Fsp3) is 0.300. The molecule has 1 atom stereocenters. The summed E-state index contributed by atoms with van der Waals surface area (Å²) in [7, 11) is 0. The first-order valence-electron chi connectivity index (χ1n) is 4.59. The summed E-state index contributed by atoms with van der Waals surface area (Å²) in [4.78, 5) is 5.16. The van der Waals surface area contributed by atoms with E-state index >= 15 is 0 Å². The highest BCUT2D eigenvalue weighted by molar-refractivity contribution is 9.10. The molecule has 1 aromatic rings. The van der Waals surface area contributed by atoms with Crippen molar-refractivity contribution in [3.8, 4) is 0 Å². The van der Waals surface area contributed by atoms with Crippen molar-refractivity contribution in [3.63, 3.8) is 0 Å². The van der Waals surface area contributed by atoms with Crippen LogP contribution >= 0.6 is 27.5 Å². The molecular weight excluding hydrogens is 279 g/mol. The summed E-state index contributed by atoms with van der Waals surface area (Å²) in [5.41, 5.74) is 7.43. The molecule has 15 heavy (non-hydrogen) atoms. The first-order chi connectivity index (χ1) is 7.20. The lowest BCUT2D eigenvalue weighted by Crippen LogP contribution is -2.20. The van der Waals surface area contributed by atoms with Gasteiger partial charge in [-0.3, -0.25) is 0 Å². The summed E-state index contributed by atoms with van der Waals surface area (Å²) < 4.78 is 0.926. The lowest BCUT2D eigenvalue weighted by atomic mass is 10.1. The molecule has 1 aromatic carbocycles. The van der Waals surface area contributed by atoms with Crippen molar-refractivity contribution in [1.82, 2.24) is 0 Å². The predicted octanol–water partition coefficient (Wildman–Crippen LogP) is 2.55. The Bertz CT molecular complexity index is 408. The van der Waals surface area contributed by atoms with Gasteiger partial charge in [0.15, 0.2) is 0 Å². The number of benzene rings is 1. The van der Waals surface area contributed by atoms with Crippen LogP contribution in [0.15, 0.2) is 27.8 Å². The molecule has 0 spiro atoms. The summed E-state index contributed by atoms with van der Waals surface area (Å²) in [6, 6.07) is 5.60. The van der Waals surface area contributed by atoms with Crippen LogP contribution in [0, 0.1) is 0 Å². The second-order valence-corrected chi connectivity index (χ2v) is 4.62. The average Bonchev–Trinajstić information content (AvgIpc) is 2.66. The molecule has 0 aromatic heterocycles. The summed E-state index contributed by atoms with van der Waals surface area (Å²) >= 11 is 9.31. The maximum absolute atomic E-state index is 5.86. The molecule has 0 radical (unpaired) electrons. The lowest BCUT2D eigenvalue weighted by Gasteiger charge is -2.04. The smallest absolute Gasteiger partial charge is 0.145 e.